The number of hydrogen-bond donors (Lipinski definition) is 1. The van der Waals surface area contributed by atoms with E-state index >= 15 is 0 Å². The molecule has 0 aliphatic rings. The van der Waals surface area contributed by atoms with E-state index in [0.29, 0.717) is 22.5 Å². The highest BCUT2D eigenvalue weighted by atomic mass is 32.1. The number of aryl methyl sites for hydroxylation is 2. The summed E-state index contributed by atoms with van der Waals surface area (Å²) in [5, 5.41) is 11.3. The van der Waals surface area contributed by atoms with Crippen molar-refractivity contribution in [2.45, 2.75) is 13.8 Å². The molecule has 5 aromatic rings. The van der Waals surface area contributed by atoms with Crippen LogP contribution in [0.25, 0.3) is 33.9 Å². The van der Waals surface area contributed by atoms with E-state index in [9.17, 15) is 9.90 Å². The molecule has 0 atom stereocenters. The number of para-hydroxylation sites is 4. The van der Waals surface area contributed by atoms with E-state index in [1.165, 1.54) is 9.13 Å². The van der Waals surface area contributed by atoms with Gasteiger partial charge in [0.05, 0.1) is 11.4 Å². The summed E-state index contributed by atoms with van der Waals surface area (Å²) in [5.74, 6) is -0.279. The molecule has 2 heterocycles. The van der Waals surface area contributed by atoms with Crippen LogP contribution in [0.1, 0.15) is 11.1 Å². The molecule has 32 heavy (non-hydrogen) atoms. The first-order valence-electron chi connectivity index (χ1n) is 10.1. The van der Waals surface area contributed by atoms with Crippen LogP contribution in [0, 0.1) is 18.6 Å². The molecular formula is C25H19N3O3S. The number of rotatable bonds is 3. The van der Waals surface area contributed by atoms with Crippen LogP contribution in [0.5, 0.6) is 5.88 Å². The van der Waals surface area contributed by atoms with Gasteiger partial charge in [-0.25, -0.2) is 4.98 Å². The minimum absolute atomic E-state index is 0.0355. The Labute approximate surface area is 188 Å². The standard InChI is InChI=1S/C25H19N3O3S/c1-15-9-3-6-12-18(15)27-23(29)21(22-26-17-11-5-8-14-20(17)31-22)24(30)28(25(27)32)19-13-7-4-10-16(19)2/h3-14,29H,1-2H3. The number of oxazole rings is 1. The van der Waals surface area contributed by atoms with Gasteiger partial charge in [0.1, 0.15) is 5.52 Å². The van der Waals surface area contributed by atoms with E-state index in [1.807, 2.05) is 74.5 Å². The second-order valence-electron chi connectivity index (χ2n) is 7.52. The fourth-order valence-electron chi connectivity index (χ4n) is 3.82. The average molecular weight is 442 g/mol. The maximum Gasteiger partial charge on any atom is 0.275 e. The Kier molecular flexibility index (Phi) is 4.75. The summed E-state index contributed by atoms with van der Waals surface area (Å²) in [6, 6.07) is 22.2. The van der Waals surface area contributed by atoms with Crippen molar-refractivity contribution in [3.63, 3.8) is 0 Å². The third-order valence-electron chi connectivity index (χ3n) is 5.46. The predicted octanol–water partition coefficient (Wildman–Crippen LogP) is 5.49. The first kappa shape index (κ1) is 20.0. The summed E-state index contributed by atoms with van der Waals surface area (Å²) in [5.41, 5.74) is 3.60. The van der Waals surface area contributed by atoms with Gasteiger partial charge >= 0.3 is 0 Å². The molecule has 0 saturated heterocycles. The monoisotopic (exact) mass is 441 g/mol. The number of benzene rings is 3. The smallest absolute Gasteiger partial charge is 0.275 e. The second-order valence-corrected chi connectivity index (χ2v) is 7.88. The van der Waals surface area contributed by atoms with Crippen molar-refractivity contribution in [2.75, 3.05) is 0 Å². The van der Waals surface area contributed by atoms with Gasteiger partial charge in [0.25, 0.3) is 5.56 Å². The van der Waals surface area contributed by atoms with Gasteiger partial charge in [0, 0.05) is 0 Å². The molecule has 7 heteroatoms. The molecule has 0 spiro atoms. The van der Waals surface area contributed by atoms with Crippen LogP contribution >= 0.6 is 12.2 Å². The number of fused-ring (bicyclic) bond motifs is 1. The number of hydrogen-bond acceptors (Lipinski definition) is 5. The fourth-order valence-corrected chi connectivity index (χ4v) is 4.19. The van der Waals surface area contributed by atoms with Crippen molar-refractivity contribution in [1.29, 1.82) is 0 Å². The van der Waals surface area contributed by atoms with Crippen LogP contribution in [0.2, 0.25) is 0 Å². The van der Waals surface area contributed by atoms with E-state index in [4.69, 9.17) is 16.6 Å². The molecule has 6 nitrogen and oxygen atoms in total. The molecule has 0 fully saturated rings. The van der Waals surface area contributed by atoms with Crippen molar-refractivity contribution in [3.8, 4) is 28.7 Å². The van der Waals surface area contributed by atoms with Gasteiger partial charge in [0.15, 0.2) is 15.9 Å². The Hall–Kier alpha value is -3.97. The Balaban J connectivity index is 1.95. The minimum Gasteiger partial charge on any atom is -0.493 e. The van der Waals surface area contributed by atoms with Crippen molar-refractivity contribution in [2.24, 2.45) is 0 Å². The van der Waals surface area contributed by atoms with Crippen LogP contribution in [0.3, 0.4) is 0 Å². The fraction of sp³-hybridized carbons (Fsp3) is 0.0800. The molecule has 0 aliphatic heterocycles. The minimum atomic E-state index is -0.502. The summed E-state index contributed by atoms with van der Waals surface area (Å²) >= 11 is 5.74. The van der Waals surface area contributed by atoms with Gasteiger partial charge in [0.2, 0.25) is 11.8 Å². The third kappa shape index (κ3) is 3.06. The topological polar surface area (TPSA) is 73.2 Å². The molecule has 158 valence electrons. The first-order valence-corrected chi connectivity index (χ1v) is 10.5. The highest BCUT2D eigenvalue weighted by molar-refractivity contribution is 7.71. The molecule has 2 aromatic heterocycles. The number of aromatic hydroxyl groups is 1. The predicted molar refractivity (Wildman–Crippen MR) is 126 cm³/mol. The molecule has 3 aromatic carbocycles. The van der Waals surface area contributed by atoms with Gasteiger partial charge < -0.3 is 9.52 Å². The Morgan fingerprint density at radius 3 is 2.03 bits per heavy atom. The molecule has 0 radical (unpaired) electrons. The van der Waals surface area contributed by atoms with Crippen LogP contribution in [0.15, 0.2) is 82.0 Å². The zero-order chi connectivity index (χ0) is 22.4. The molecule has 1 N–H and O–H groups in total. The third-order valence-corrected chi connectivity index (χ3v) is 5.82. The number of aromatic nitrogens is 3. The molecule has 0 unspecified atom stereocenters. The normalized spacial score (nSPS) is 11.2. The molecule has 0 amide bonds. The highest BCUT2D eigenvalue weighted by Crippen LogP contribution is 2.32. The van der Waals surface area contributed by atoms with Crippen LogP contribution < -0.4 is 5.56 Å². The van der Waals surface area contributed by atoms with Crippen LogP contribution in [0.4, 0.5) is 0 Å². The lowest BCUT2D eigenvalue weighted by atomic mass is 10.1. The zero-order valence-corrected chi connectivity index (χ0v) is 18.3. The molecule has 0 aliphatic carbocycles. The van der Waals surface area contributed by atoms with Crippen molar-refractivity contribution in [1.82, 2.24) is 14.1 Å². The highest BCUT2D eigenvalue weighted by Gasteiger charge is 2.25. The first-order chi connectivity index (χ1) is 15.5. The lowest BCUT2D eigenvalue weighted by Gasteiger charge is -2.18. The maximum absolute atomic E-state index is 13.7. The Morgan fingerprint density at radius 1 is 0.844 bits per heavy atom. The van der Waals surface area contributed by atoms with Gasteiger partial charge in [-0.3, -0.25) is 13.9 Å². The summed E-state index contributed by atoms with van der Waals surface area (Å²) in [6.07, 6.45) is 0. The lowest BCUT2D eigenvalue weighted by molar-refractivity contribution is 0.430. The van der Waals surface area contributed by atoms with Gasteiger partial charge in [-0.15, -0.1) is 0 Å². The Bertz CT molecular complexity index is 1580. The number of nitrogens with zero attached hydrogens (tertiary/aromatic N) is 3. The molecule has 0 bridgehead atoms. The van der Waals surface area contributed by atoms with E-state index < -0.39 is 5.56 Å². The molecule has 5 rings (SSSR count). The largest absolute Gasteiger partial charge is 0.493 e. The SMILES string of the molecule is Cc1ccccc1-n1c(O)c(-c2nc3ccccc3o2)c(=O)n(-c2ccccc2C)c1=S. The van der Waals surface area contributed by atoms with Crippen molar-refractivity contribution >= 4 is 23.3 Å². The van der Waals surface area contributed by atoms with E-state index in [1.54, 1.807) is 12.1 Å². The summed E-state index contributed by atoms with van der Waals surface area (Å²) in [6.45, 7) is 3.82. The van der Waals surface area contributed by atoms with Crippen LogP contribution in [-0.2, 0) is 0 Å². The lowest BCUT2D eigenvalue weighted by Crippen LogP contribution is -2.26. The summed E-state index contributed by atoms with van der Waals surface area (Å²) < 4.78 is 8.92. The van der Waals surface area contributed by atoms with E-state index in [-0.39, 0.29) is 22.1 Å². The van der Waals surface area contributed by atoms with Gasteiger partial charge in [-0.05, 0) is 61.5 Å². The zero-order valence-electron chi connectivity index (χ0n) is 17.4. The summed E-state index contributed by atoms with van der Waals surface area (Å²) in [7, 11) is 0. The quantitative estimate of drug-likeness (QED) is 0.375. The maximum atomic E-state index is 13.7. The second kappa shape index (κ2) is 7.62. The van der Waals surface area contributed by atoms with E-state index in [0.717, 1.165) is 11.1 Å². The Morgan fingerprint density at radius 2 is 1.41 bits per heavy atom. The van der Waals surface area contributed by atoms with Crippen molar-refractivity contribution in [3.05, 3.63) is 99.0 Å². The summed E-state index contributed by atoms with van der Waals surface area (Å²) in [4.78, 5) is 18.2. The van der Waals surface area contributed by atoms with Crippen molar-refractivity contribution < 1.29 is 9.52 Å². The average Bonchev–Trinajstić information content (AvgIpc) is 3.20. The van der Waals surface area contributed by atoms with Gasteiger partial charge in [-0.2, -0.15) is 0 Å². The van der Waals surface area contributed by atoms with Crippen LogP contribution in [-0.4, -0.2) is 19.2 Å². The molecule has 0 saturated carbocycles. The van der Waals surface area contributed by atoms with E-state index in [2.05, 4.69) is 4.98 Å². The molecular weight excluding hydrogens is 422 g/mol. The van der Waals surface area contributed by atoms with Gasteiger partial charge in [-0.1, -0.05) is 48.5 Å².